The second-order valence-corrected chi connectivity index (χ2v) is 6.45. The smallest absolute Gasteiger partial charge is 0.343 e. The number of Topliss-reactive ketones (excluding diaryl/α,β-unsaturated/α-hetero) is 1. The number of hydrogen-bond acceptors (Lipinski definition) is 6. The van der Waals surface area contributed by atoms with E-state index in [1.54, 1.807) is 0 Å². The third kappa shape index (κ3) is 3.63. The van der Waals surface area contributed by atoms with Crippen LogP contribution in [0.3, 0.4) is 0 Å². The molecule has 1 unspecified atom stereocenters. The van der Waals surface area contributed by atoms with Crippen molar-refractivity contribution in [3.63, 3.8) is 0 Å². The Labute approximate surface area is 158 Å². The topological polar surface area (TPSA) is 82.1 Å². The summed E-state index contributed by atoms with van der Waals surface area (Å²) in [6, 6.07) is 7.28. The third-order valence-corrected chi connectivity index (χ3v) is 4.66. The van der Waals surface area contributed by atoms with Gasteiger partial charge in [0.15, 0.2) is 12.4 Å². The first-order chi connectivity index (χ1) is 12.8. The number of ether oxygens (including phenoxy) is 3. The maximum atomic E-state index is 12.6. The molecule has 0 saturated carbocycles. The highest BCUT2D eigenvalue weighted by Crippen LogP contribution is 2.40. The largest absolute Gasteiger partial charge is 0.508 e. The summed E-state index contributed by atoms with van der Waals surface area (Å²) in [4.78, 5) is 23.9. The van der Waals surface area contributed by atoms with Gasteiger partial charge in [-0.25, -0.2) is 4.79 Å². The monoisotopic (exact) mass is 366 g/mol. The molecule has 2 radical (unpaired) electrons. The van der Waals surface area contributed by atoms with Crippen LogP contribution < -0.4 is 14.9 Å². The fourth-order valence-electron chi connectivity index (χ4n) is 2.93. The quantitative estimate of drug-likeness (QED) is 0.659. The van der Waals surface area contributed by atoms with Gasteiger partial charge < -0.3 is 19.3 Å². The maximum absolute atomic E-state index is 12.6. The number of carbonyl (C=O) groups is 2. The number of hydrogen-bond donors (Lipinski definition) is 1. The lowest BCUT2D eigenvalue weighted by molar-refractivity contribution is -0.142. The van der Waals surface area contributed by atoms with Crippen LogP contribution in [0.5, 0.6) is 17.2 Å². The zero-order valence-corrected chi connectivity index (χ0v) is 15.4. The fraction of sp³-hybridized carbons (Fsp3) is 0.300. The van der Waals surface area contributed by atoms with Crippen molar-refractivity contribution in [2.24, 2.45) is 0 Å². The molecule has 1 atom stereocenters. The molecule has 0 aliphatic carbocycles. The first-order valence-corrected chi connectivity index (χ1v) is 8.43. The third-order valence-electron chi connectivity index (χ3n) is 4.66. The van der Waals surface area contributed by atoms with Crippen LogP contribution in [-0.4, -0.2) is 38.4 Å². The number of aryl methyl sites for hydroxylation is 2. The second kappa shape index (κ2) is 7.35. The van der Waals surface area contributed by atoms with E-state index in [9.17, 15) is 14.7 Å². The summed E-state index contributed by atoms with van der Waals surface area (Å²) >= 11 is 0. The molecule has 0 bridgehead atoms. The molecule has 7 heteroatoms. The fourth-order valence-corrected chi connectivity index (χ4v) is 2.93. The minimum Gasteiger partial charge on any atom is -0.508 e. The summed E-state index contributed by atoms with van der Waals surface area (Å²) in [7, 11) is 7.08. The average molecular weight is 366 g/mol. The van der Waals surface area contributed by atoms with Gasteiger partial charge in [0, 0.05) is 6.07 Å². The number of benzene rings is 2. The van der Waals surface area contributed by atoms with E-state index in [4.69, 9.17) is 17.3 Å². The maximum Gasteiger partial charge on any atom is 0.343 e. The average Bonchev–Trinajstić information content (AvgIpc) is 2.64. The standard InChI is InChI=1S/C20H19BO6/c1-10-4-5-12(6-11(10)2)14-7-13(22)18-15(27-14)8-16(19(21)20(18)24)26-9-17(23)25-3/h4-6,8,14,24H,7,9H2,1-3H3. The Bertz CT molecular complexity index is 921. The van der Waals surface area contributed by atoms with E-state index in [1.807, 2.05) is 32.0 Å². The minimum absolute atomic E-state index is 0.0259. The molecule has 27 heavy (non-hydrogen) atoms. The lowest BCUT2D eigenvalue weighted by Gasteiger charge is -2.28. The summed E-state index contributed by atoms with van der Waals surface area (Å²) in [5, 5.41) is 10.3. The van der Waals surface area contributed by atoms with Gasteiger partial charge >= 0.3 is 5.97 Å². The van der Waals surface area contributed by atoms with Crippen LogP contribution in [0.2, 0.25) is 0 Å². The normalized spacial score (nSPS) is 15.7. The molecular formula is C20H19BO6. The van der Waals surface area contributed by atoms with Crippen LogP contribution in [0.15, 0.2) is 24.3 Å². The van der Waals surface area contributed by atoms with Crippen molar-refractivity contribution < 1.29 is 28.9 Å². The van der Waals surface area contributed by atoms with E-state index in [0.717, 1.165) is 16.7 Å². The lowest BCUT2D eigenvalue weighted by atomic mass is 9.87. The highest BCUT2D eigenvalue weighted by molar-refractivity contribution is 6.37. The molecule has 138 valence electrons. The molecule has 0 saturated heterocycles. The molecule has 0 aromatic heterocycles. The Morgan fingerprint density at radius 2 is 2.04 bits per heavy atom. The van der Waals surface area contributed by atoms with E-state index in [2.05, 4.69) is 4.74 Å². The number of phenolic OH excluding ortho intramolecular Hbond substituents is 1. The minimum atomic E-state index is -0.600. The van der Waals surface area contributed by atoms with Gasteiger partial charge in [0.25, 0.3) is 0 Å². The van der Waals surface area contributed by atoms with Crippen LogP contribution in [-0.2, 0) is 9.53 Å². The Morgan fingerprint density at radius 1 is 1.30 bits per heavy atom. The number of esters is 1. The van der Waals surface area contributed by atoms with Gasteiger partial charge in [-0.3, -0.25) is 4.79 Å². The van der Waals surface area contributed by atoms with Crippen LogP contribution in [0.25, 0.3) is 0 Å². The van der Waals surface area contributed by atoms with Crippen molar-refractivity contribution in [3.05, 3.63) is 46.5 Å². The number of ketones is 1. The Morgan fingerprint density at radius 3 is 2.70 bits per heavy atom. The summed E-state index contributed by atoms with van der Waals surface area (Å²) in [6.45, 7) is 3.61. The Kier molecular flexibility index (Phi) is 5.12. The highest BCUT2D eigenvalue weighted by Gasteiger charge is 2.32. The molecule has 2 aromatic rings. The molecule has 0 spiro atoms. The van der Waals surface area contributed by atoms with E-state index in [1.165, 1.54) is 13.2 Å². The van der Waals surface area contributed by atoms with Crippen molar-refractivity contribution in [2.75, 3.05) is 13.7 Å². The van der Waals surface area contributed by atoms with Crippen molar-refractivity contribution >= 4 is 25.1 Å². The number of methoxy groups -OCH3 is 1. The van der Waals surface area contributed by atoms with Crippen molar-refractivity contribution in [1.82, 2.24) is 0 Å². The Balaban J connectivity index is 1.95. The zero-order valence-electron chi connectivity index (χ0n) is 15.4. The SMILES string of the molecule is [B]c1c(OCC(=O)OC)cc2c(c1O)C(=O)CC(c1ccc(C)c(C)c1)O2. The molecule has 0 amide bonds. The van der Waals surface area contributed by atoms with Gasteiger partial charge in [0.2, 0.25) is 0 Å². The second-order valence-electron chi connectivity index (χ2n) is 6.45. The molecular weight excluding hydrogens is 347 g/mol. The van der Waals surface area contributed by atoms with Crippen LogP contribution >= 0.6 is 0 Å². The summed E-state index contributed by atoms with van der Waals surface area (Å²) in [6.07, 6.45) is -0.397. The predicted molar refractivity (Wildman–Crippen MR) is 99.2 cm³/mol. The van der Waals surface area contributed by atoms with Crippen LogP contribution in [0.4, 0.5) is 0 Å². The molecule has 3 rings (SSSR count). The Hall–Kier alpha value is -2.96. The number of phenols is 1. The first-order valence-electron chi connectivity index (χ1n) is 8.43. The number of carbonyl (C=O) groups excluding carboxylic acids is 2. The summed E-state index contributed by atoms with van der Waals surface area (Å²) < 4.78 is 15.8. The van der Waals surface area contributed by atoms with Gasteiger partial charge in [0.1, 0.15) is 36.8 Å². The molecule has 6 nitrogen and oxygen atoms in total. The zero-order chi connectivity index (χ0) is 19.7. The van der Waals surface area contributed by atoms with E-state index >= 15 is 0 Å². The highest BCUT2D eigenvalue weighted by atomic mass is 16.6. The van der Waals surface area contributed by atoms with Crippen LogP contribution in [0, 0.1) is 13.8 Å². The van der Waals surface area contributed by atoms with Gasteiger partial charge in [-0.15, -0.1) is 0 Å². The predicted octanol–water partition coefficient (Wildman–Crippen LogP) is 2.06. The summed E-state index contributed by atoms with van der Waals surface area (Å²) in [5.41, 5.74) is 3.00. The van der Waals surface area contributed by atoms with E-state index < -0.39 is 17.8 Å². The van der Waals surface area contributed by atoms with Crippen molar-refractivity contribution in [1.29, 1.82) is 0 Å². The van der Waals surface area contributed by atoms with E-state index in [-0.39, 0.29) is 41.3 Å². The van der Waals surface area contributed by atoms with Gasteiger partial charge in [-0.05, 0) is 36.0 Å². The molecule has 0 fully saturated rings. The molecule has 1 N–H and O–H groups in total. The first kappa shape index (κ1) is 18.8. The molecule has 2 aromatic carbocycles. The number of aromatic hydroxyl groups is 1. The van der Waals surface area contributed by atoms with Crippen molar-refractivity contribution in [2.45, 2.75) is 26.4 Å². The summed E-state index contributed by atoms with van der Waals surface area (Å²) in [5.74, 6) is -1.07. The van der Waals surface area contributed by atoms with Gasteiger partial charge in [-0.2, -0.15) is 0 Å². The molecule has 1 aliphatic rings. The lowest BCUT2D eigenvalue weighted by Crippen LogP contribution is -2.24. The van der Waals surface area contributed by atoms with Gasteiger partial charge in [-0.1, -0.05) is 18.2 Å². The number of fused-ring (bicyclic) bond motifs is 1. The molecule has 1 heterocycles. The van der Waals surface area contributed by atoms with Crippen LogP contribution in [0.1, 0.15) is 39.6 Å². The molecule has 1 aliphatic heterocycles. The van der Waals surface area contributed by atoms with Gasteiger partial charge in [0.05, 0.1) is 13.5 Å². The number of rotatable bonds is 4. The van der Waals surface area contributed by atoms with Crippen molar-refractivity contribution in [3.8, 4) is 17.2 Å². The van der Waals surface area contributed by atoms with E-state index in [0.29, 0.717) is 0 Å².